The van der Waals surface area contributed by atoms with Crippen LogP contribution in [-0.4, -0.2) is 38.5 Å². The summed E-state index contributed by atoms with van der Waals surface area (Å²) in [7, 11) is -3.52. The maximum atomic E-state index is 12.1. The van der Waals surface area contributed by atoms with Crippen molar-refractivity contribution in [1.29, 1.82) is 0 Å². The minimum Gasteiger partial charge on any atom is -0.481 e. The Kier molecular flexibility index (Phi) is 7.57. The van der Waals surface area contributed by atoms with Crippen molar-refractivity contribution in [2.24, 2.45) is 5.41 Å². The molecule has 0 aliphatic carbocycles. The standard InChI is InChI=1S/C17H26N2O5S/c1-4-17(5-2,16(21)22)12-18-15(20)11-13-7-9-14(10-8-13)25(23,24)19-6-3/h7-10,19H,4-6,11-12H2,1-3H3,(H,18,20)(H,21,22). The number of carbonyl (C=O) groups excluding carboxylic acids is 1. The molecule has 0 fully saturated rings. The molecule has 3 N–H and O–H groups in total. The number of hydrogen-bond donors (Lipinski definition) is 3. The second kappa shape index (κ2) is 8.96. The number of carboxylic acids is 1. The third-order valence-electron chi connectivity index (χ3n) is 4.36. The minimum absolute atomic E-state index is 0.0602. The Morgan fingerprint density at radius 1 is 1.08 bits per heavy atom. The molecule has 1 aromatic carbocycles. The largest absolute Gasteiger partial charge is 0.481 e. The zero-order valence-corrected chi connectivity index (χ0v) is 15.6. The molecule has 0 atom stereocenters. The summed E-state index contributed by atoms with van der Waals surface area (Å²) in [5, 5.41) is 12.0. The normalized spacial score (nSPS) is 12.0. The lowest BCUT2D eigenvalue weighted by Gasteiger charge is -2.26. The fraction of sp³-hybridized carbons (Fsp3) is 0.529. The summed E-state index contributed by atoms with van der Waals surface area (Å²) >= 11 is 0. The Bertz CT molecular complexity index is 694. The Morgan fingerprint density at radius 2 is 1.64 bits per heavy atom. The van der Waals surface area contributed by atoms with E-state index in [-0.39, 0.29) is 23.8 Å². The van der Waals surface area contributed by atoms with Gasteiger partial charge >= 0.3 is 5.97 Å². The van der Waals surface area contributed by atoms with E-state index in [9.17, 15) is 23.1 Å². The zero-order chi connectivity index (χ0) is 19.1. The van der Waals surface area contributed by atoms with E-state index < -0.39 is 21.4 Å². The van der Waals surface area contributed by atoms with Gasteiger partial charge in [0.25, 0.3) is 0 Å². The molecule has 8 heteroatoms. The number of nitrogens with one attached hydrogen (secondary N) is 2. The second-order valence-corrected chi connectivity index (χ2v) is 7.66. The summed E-state index contributed by atoms with van der Waals surface area (Å²) in [5.74, 6) is -1.22. The molecule has 0 aromatic heterocycles. The van der Waals surface area contributed by atoms with Crippen LogP contribution in [0.3, 0.4) is 0 Å². The van der Waals surface area contributed by atoms with Crippen LogP contribution in [0.5, 0.6) is 0 Å². The highest BCUT2D eigenvalue weighted by molar-refractivity contribution is 7.89. The third kappa shape index (κ3) is 5.54. The van der Waals surface area contributed by atoms with Crippen molar-refractivity contribution in [2.45, 2.75) is 44.9 Å². The fourth-order valence-corrected chi connectivity index (χ4v) is 3.49. The monoisotopic (exact) mass is 370 g/mol. The van der Waals surface area contributed by atoms with Gasteiger partial charge in [0.15, 0.2) is 0 Å². The Balaban J connectivity index is 2.71. The molecular weight excluding hydrogens is 344 g/mol. The highest BCUT2D eigenvalue weighted by Gasteiger charge is 2.35. The number of hydrogen-bond acceptors (Lipinski definition) is 4. The number of carboxylic acid groups (broad SMARTS) is 1. The smallest absolute Gasteiger partial charge is 0.311 e. The van der Waals surface area contributed by atoms with E-state index in [0.29, 0.717) is 24.9 Å². The molecular formula is C17H26N2O5S. The zero-order valence-electron chi connectivity index (χ0n) is 14.8. The first-order valence-electron chi connectivity index (χ1n) is 8.29. The van der Waals surface area contributed by atoms with Crippen LogP contribution in [-0.2, 0) is 26.0 Å². The molecule has 0 heterocycles. The van der Waals surface area contributed by atoms with Crippen molar-refractivity contribution in [3.8, 4) is 0 Å². The minimum atomic E-state index is -3.52. The Labute approximate surface area is 148 Å². The second-order valence-electron chi connectivity index (χ2n) is 5.89. The number of benzene rings is 1. The molecule has 0 saturated heterocycles. The lowest BCUT2D eigenvalue weighted by Crippen LogP contribution is -2.42. The van der Waals surface area contributed by atoms with Gasteiger partial charge in [0.2, 0.25) is 15.9 Å². The van der Waals surface area contributed by atoms with Crippen LogP contribution in [0.4, 0.5) is 0 Å². The molecule has 1 rings (SSSR count). The first-order valence-corrected chi connectivity index (χ1v) is 9.77. The summed E-state index contributed by atoms with van der Waals surface area (Å²) in [6, 6.07) is 6.04. The van der Waals surface area contributed by atoms with Crippen molar-refractivity contribution >= 4 is 21.9 Å². The van der Waals surface area contributed by atoms with Crippen molar-refractivity contribution < 1.29 is 23.1 Å². The number of rotatable bonds is 10. The highest BCUT2D eigenvalue weighted by atomic mass is 32.2. The Hall–Kier alpha value is -1.93. The van der Waals surface area contributed by atoms with E-state index >= 15 is 0 Å². The van der Waals surface area contributed by atoms with Gasteiger partial charge in [-0.1, -0.05) is 32.9 Å². The van der Waals surface area contributed by atoms with Gasteiger partial charge < -0.3 is 10.4 Å². The van der Waals surface area contributed by atoms with E-state index in [2.05, 4.69) is 10.0 Å². The molecule has 1 amide bonds. The van der Waals surface area contributed by atoms with Gasteiger partial charge in [-0.15, -0.1) is 0 Å². The van der Waals surface area contributed by atoms with E-state index in [0.717, 1.165) is 0 Å². The van der Waals surface area contributed by atoms with Crippen LogP contribution in [0, 0.1) is 5.41 Å². The maximum Gasteiger partial charge on any atom is 0.311 e. The van der Waals surface area contributed by atoms with E-state index in [4.69, 9.17) is 0 Å². The predicted octanol–water partition coefficient (Wildman–Crippen LogP) is 1.53. The molecule has 0 bridgehead atoms. The molecule has 140 valence electrons. The average molecular weight is 370 g/mol. The fourth-order valence-electron chi connectivity index (χ4n) is 2.45. The summed E-state index contributed by atoms with van der Waals surface area (Å²) < 4.78 is 26.1. The van der Waals surface area contributed by atoms with Gasteiger partial charge in [0, 0.05) is 13.1 Å². The summed E-state index contributed by atoms with van der Waals surface area (Å²) in [5.41, 5.74) is -0.304. The molecule has 25 heavy (non-hydrogen) atoms. The SMILES string of the molecule is CCNS(=O)(=O)c1ccc(CC(=O)NCC(CC)(CC)C(=O)O)cc1. The molecule has 0 saturated carbocycles. The van der Waals surface area contributed by atoms with Crippen molar-refractivity contribution in [2.75, 3.05) is 13.1 Å². The van der Waals surface area contributed by atoms with Crippen molar-refractivity contribution in [3.05, 3.63) is 29.8 Å². The van der Waals surface area contributed by atoms with Crippen LogP contribution in [0.2, 0.25) is 0 Å². The molecule has 0 radical (unpaired) electrons. The first-order chi connectivity index (χ1) is 11.7. The van der Waals surface area contributed by atoms with Gasteiger partial charge in [0.1, 0.15) is 0 Å². The maximum absolute atomic E-state index is 12.1. The molecule has 0 aliphatic heterocycles. The Morgan fingerprint density at radius 3 is 2.08 bits per heavy atom. The summed E-state index contributed by atoms with van der Waals surface area (Å²) in [6.45, 7) is 5.63. The predicted molar refractivity (Wildman–Crippen MR) is 94.7 cm³/mol. The number of carbonyl (C=O) groups is 2. The van der Waals surface area contributed by atoms with E-state index in [1.165, 1.54) is 12.1 Å². The highest BCUT2D eigenvalue weighted by Crippen LogP contribution is 2.25. The van der Waals surface area contributed by atoms with Gasteiger partial charge in [0.05, 0.1) is 16.7 Å². The molecule has 7 nitrogen and oxygen atoms in total. The lowest BCUT2D eigenvalue weighted by molar-refractivity contribution is -0.149. The van der Waals surface area contributed by atoms with E-state index in [1.54, 1.807) is 32.9 Å². The lowest BCUT2D eigenvalue weighted by atomic mass is 9.82. The van der Waals surface area contributed by atoms with Crippen LogP contribution in [0.15, 0.2) is 29.2 Å². The summed E-state index contributed by atoms with van der Waals surface area (Å²) in [4.78, 5) is 23.6. The molecule has 0 aliphatic rings. The topological polar surface area (TPSA) is 113 Å². The first kappa shape index (κ1) is 21.1. The van der Waals surface area contributed by atoms with Gasteiger partial charge in [-0.05, 0) is 30.5 Å². The number of aliphatic carboxylic acids is 1. The average Bonchev–Trinajstić information content (AvgIpc) is 2.56. The van der Waals surface area contributed by atoms with Crippen LogP contribution >= 0.6 is 0 Å². The van der Waals surface area contributed by atoms with Gasteiger partial charge in [-0.25, -0.2) is 13.1 Å². The van der Waals surface area contributed by atoms with E-state index in [1.807, 2.05) is 0 Å². The van der Waals surface area contributed by atoms with Crippen LogP contribution in [0.1, 0.15) is 39.2 Å². The molecule has 1 aromatic rings. The van der Waals surface area contributed by atoms with Crippen LogP contribution < -0.4 is 10.0 Å². The quantitative estimate of drug-likeness (QED) is 0.578. The number of amides is 1. The molecule has 0 unspecified atom stereocenters. The van der Waals surface area contributed by atoms with Crippen molar-refractivity contribution in [1.82, 2.24) is 10.0 Å². The molecule has 0 spiro atoms. The van der Waals surface area contributed by atoms with Gasteiger partial charge in [-0.3, -0.25) is 9.59 Å². The van der Waals surface area contributed by atoms with Crippen LogP contribution in [0.25, 0.3) is 0 Å². The summed E-state index contributed by atoms with van der Waals surface area (Å²) in [6.07, 6.45) is 0.914. The number of sulfonamides is 1. The van der Waals surface area contributed by atoms with Gasteiger partial charge in [-0.2, -0.15) is 0 Å². The third-order valence-corrected chi connectivity index (χ3v) is 5.93. The van der Waals surface area contributed by atoms with Crippen molar-refractivity contribution in [3.63, 3.8) is 0 Å².